The van der Waals surface area contributed by atoms with Crippen LogP contribution < -0.4 is 5.32 Å². The fourth-order valence-corrected chi connectivity index (χ4v) is 2.25. The maximum absolute atomic E-state index is 12.0. The highest BCUT2D eigenvalue weighted by Crippen LogP contribution is 2.18. The molecule has 0 saturated carbocycles. The van der Waals surface area contributed by atoms with E-state index in [-0.39, 0.29) is 6.03 Å². The first kappa shape index (κ1) is 12.9. The van der Waals surface area contributed by atoms with Gasteiger partial charge in [-0.2, -0.15) is 0 Å². The Morgan fingerprint density at radius 3 is 2.78 bits per heavy atom. The number of rotatable bonds is 3. The Morgan fingerprint density at radius 1 is 1.33 bits per heavy atom. The molecule has 1 aliphatic rings. The SMILES string of the molecule is CC(C)CCNC(=O)N1CCc2ccccc2C1. The van der Waals surface area contributed by atoms with E-state index >= 15 is 0 Å². The number of hydrogen-bond acceptors (Lipinski definition) is 1. The summed E-state index contributed by atoms with van der Waals surface area (Å²) in [5.74, 6) is 0.632. The third-order valence-electron chi connectivity index (χ3n) is 3.42. The smallest absolute Gasteiger partial charge is 0.317 e. The topological polar surface area (TPSA) is 32.3 Å². The van der Waals surface area contributed by atoms with Crippen molar-refractivity contribution >= 4 is 6.03 Å². The fraction of sp³-hybridized carbons (Fsp3) is 0.533. The van der Waals surface area contributed by atoms with Gasteiger partial charge < -0.3 is 10.2 Å². The minimum absolute atomic E-state index is 0.0742. The number of nitrogens with one attached hydrogen (secondary N) is 1. The van der Waals surface area contributed by atoms with Crippen LogP contribution in [0.25, 0.3) is 0 Å². The number of nitrogens with zero attached hydrogens (tertiary/aromatic N) is 1. The third kappa shape index (κ3) is 3.25. The summed E-state index contributed by atoms with van der Waals surface area (Å²) in [6.07, 6.45) is 2.00. The quantitative estimate of drug-likeness (QED) is 0.874. The molecule has 0 aliphatic carbocycles. The van der Waals surface area contributed by atoms with Gasteiger partial charge in [0, 0.05) is 19.6 Å². The minimum atomic E-state index is 0.0742. The number of amides is 2. The van der Waals surface area contributed by atoms with Crippen molar-refractivity contribution in [1.82, 2.24) is 10.2 Å². The van der Waals surface area contributed by atoms with Crippen LogP contribution in [0.4, 0.5) is 4.79 Å². The Hall–Kier alpha value is -1.51. The molecule has 18 heavy (non-hydrogen) atoms. The molecule has 1 aliphatic heterocycles. The second-order valence-corrected chi connectivity index (χ2v) is 5.35. The van der Waals surface area contributed by atoms with E-state index in [2.05, 4.69) is 37.4 Å². The van der Waals surface area contributed by atoms with Crippen molar-refractivity contribution in [2.75, 3.05) is 13.1 Å². The molecule has 0 saturated heterocycles. The van der Waals surface area contributed by atoms with Crippen LogP contribution in [0.5, 0.6) is 0 Å². The molecule has 2 amide bonds. The minimum Gasteiger partial charge on any atom is -0.338 e. The number of carbonyl (C=O) groups excluding carboxylic acids is 1. The van der Waals surface area contributed by atoms with Crippen LogP contribution in [0.15, 0.2) is 24.3 Å². The molecular weight excluding hydrogens is 224 g/mol. The highest BCUT2D eigenvalue weighted by molar-refractivity contribution is 5.74. The van der Waals surface area contributed by atoms with Crippen LogP contribution in [-0.2, 0) is 13.0 Å². The highest BCUT2D eigenvalue weighted by Gasteiger charge is 2.19. The molecule has 0 bridgehead atoms. The Balaban J connectivity index is 1.87. The van der Waals surface area contributed by atoms with E-state index in [4.69, 9.17) is 0 Å². The summed E-state index contributed by atoms with van der Waals surface area (Å²) in [7, 11) is 0. The lowest BCUT2D eigenvalue weighted by Crippen LogP contribution is -2.43. The zero-order valence-corrected chi connectivity index (χ0v) is 11.3. The molecule has 0 fully saturated rings. The predicted molar refractivity (Wildman–Crippen MR) is 73.4 cm³/mol. The van der Waals surface area contributed by atoms with Gasteiger partial charge in [0.2, 0.25) is 0 Å². The van der Waals surface area contributed by atoms with Gasteiger partial charge in [-0.1, -0.05) is 38.1 Å². The van der Waals surface area contributed by atoms with Gasteiger partial charge in [-0.25, -0.2) is 4.79 Å². The Labute approximate surface area is 109 Å². The first-order valence-corrected chi connectivity index (χ1v) is 6.76. The third-order valence-corrected chi connectivity index (χ3v) is 3.42. The molecule has 0 unspecified atom stereocenters. The van der Waals surface area contributed by atoms with Crippen LogP contribution in [0.2, 0.25) is 0 Å². The second-order valence-electron chi connectivity index (χ2n) is 5.35. The summed E-state index contributed by atoms with van der Waals surface area (Å²) in [5.41, 5.74) is 2.66. The number of carbonyl (C=O) groups is 1. The lowest BCUT2D eigenvalue weighted by molar-refractivity contribution is 0.192. The average molecular weight is 246 g/mol. The summed E-state index contributed by atoms with van der Waals surface area (Å²) in [6, 6.07) is 8.45. The second kappa shape index (κ2) is 5.89. The van der Waals surface area contributed by atoms with Crippen LogP contribution in [-0.4, -0.2) is 24.0 Å². The highest BCUT2D eigenvalue weighted by atomic mass is 16.2. The maximum Gasteiger partial charge on any atom is 0.317 e. The number of benzene rings is 1. The molecule has 0 radical (unpaired) electrons. The van der Waals surface area contributed by atoms with E-state index in [1.54, 1.807) is 0 Å². The van der Waals surface area contributed by atoms with Crippen molar-refractivity contribution in [2.45, 2.75) is 33.2 Å². The normalized spacial score (nSPS) is 14.5. The van der Waals surface area contributed by atoms with Crippen molar-refractivity contribution in [3.05, 3.63) is 35.4 Å². The van der Waals surface area contributed by atoms with E-state index in [1.165, 1.54) is 11.1 Å². The van der Waals surface area contributed by atoms with Gasteiger partial charge in [0.1, 0.15) is 0 Å². The molecule has 2 rings (SSSR count). The number of hydrogen-bond donors (Lipinski definition) is 1. The lowest BCUT2D eigenvalue weighted by Gasteiger charge is -2.29. The first-order chi connectivity index (χ1) is 8.66. The maximum atomic E-state index is 12.0. The number of urea groups is 1. The number of fused-ring (bicyclic) bond motifs is 1. The molecule has 0 atom stereocenters. The molecule has 1 heterocycles. The molecule has 98 valence electrons. The van der Waals surface area contributed by atoms with Gasteiger partial charge >= 0.3 is 6.03 Å². The van der Waals surface area contributed by atoms with E-state index in [0.29, 0.717) is 5.92 Å². The van der Waals surface area contributed by atoms with E-state index in [0.717, 1.165) is 32.5 Å². The van der Waals surface area contributed by atoms with Gasteiger partial charge in [-0.3, -0.25) is 0 Å². The Morgan fingerprint density at radius 2 is 2.06 bits per heavy atom. The van der Waals surface area contributed by atoms with E-state index < -0.39 is 0 Å². The lowest BCUT2D eigenvalue weighted by atomic mass is 10.0. The van der Waals surface area contributed by atoms with Gasteiger partial charge in [-0.15, -0.1) is 0 Å². The molecule has 0 aromatic heterocycles. The zero-order valence-electron chi connectivity index (χ0n) is 11.3. The summed E-state index contributed by atoms with van der Waals surface area (Å²) in [4.78, 5) is 13.9. The van der Waals surface area contributed by atoms with Crippen molar-refractivity contribution < 1.29 is 4.79 Å². The molecule has 1 aromatic rings. The molecule has 0 spiro atoms. The van der Waals surface area contributed by atoms with Crippen molar-refractivity contribution in [3.63, 3.8) is 0 Å². The average Bonchev–Trinajstić information content (AvgIpc) is 2.37. The molecule has 1 N–H and O–H groups in total. The van der Waals surface area contributed by atoms with E-state index in [1.807, 2.05) is 11.0 Å². The van der Waals surface area contributed by atoms with Crippen LogP contribution in [0.3, 0.4) is 0 Å². The summed E-state index contributed by atoms with van der Waals surface area (Å²) in [6.45, 7) is 6.68. The Bertz CT molecular complexity index is 415. The van der Waals surface area contributed by atoms with Crippen LogP contribution in [0.1, 0.15) is 31.4 Å². The van der Waals surface area contributed by atoms with Gasteiger partial charge in [0.15, 0.2) is 0 Å². The predicted octanol–water partition coefficient (Wildman–Crippen LogP) is 2.80. The van der Waals surface area contributed by atoms with Gasteiger partial charge in [0.25, 0.3) is 0 Å². The van der Waals surface area contributed by atoms with Crippen molar-refractivity contribution in [3.8, 4) is 0 Å². The zero-order chi connectivity index (χ0) is 13.0. The van der Waals surface area contributed by atoms with Crippen LogP contribution >= 0.6 is 0 Å². The van der Waals surface area contributed by atoms with Crippen LogP contribution in [0, 0.1) is 5.92 Å². The molecule has 1 aromatic carbocycles. The van der Waals surface area contributed by atoms with Crippen molar-refractivity contribution in [2.24, 2.45) is 5.92 Å². The summed E-state index contributed by atoms with van der Waals surface area (Å²) >= 11 is 0. The van der Waals surface area contributed by atoms with Crippen molar-refractivity contribution in [1.29, 1.82) is 0 Å². The Kier molecular flexibility index (Phi) is 4.24. The fourth-order valence-electron chi connectivity index (χ4n) is 2.25. The first-order valence-electron chi connectivity index (χ1n) is 6.76. The van der Waals surface area contributed by atoms with Gasteiger partial charge in [-0.05, 0) is 29.9 Å². The monoisotopic (exact) mass is 246 g/mol. The van der Waals surface area contributed by atoms with Gasteiger partial charge in [0.05, 0.1) is 0 Å². The summed E-state index contributed by atoms with van der Waals surface area (Å²) < 4.78 is 0. The largest absolute Gasteiger partial charge is 0.338 e. The molecule has 3 nitrogen and oxygen atoms in total. The van der Waals surface area contributed by atoms with E-state index in [9.17, 15) is 4.79 Å². The summed E-state index contributed by atoms with van der Waals surface area (Å²) in [5, 5.41) is 3.00. The molecule has 3 heteroatoms. The standard InChI is InChI=1S/C15H22N2O/c1-12(2)7-9-16-15(18)17-10-8-13-5-3-4-6-14(13)11-17/h3-6,12H,7-11H2,1-2H3,(H,16,18). The molecular formula is C15H22N2O.